The largest absolute Gasteiger partial charge is 0.309 e. The Kier molecular flexibility index (Phi) is 6.37. The molecule has 1 rings (SSSR count). The van der Waals surface area contributed by atoms with Crippen LogP contribution < -0.4 is 10.0 Å². The van der Waals surface area contributed by atoms with Crippen LogP contribution in [0.5, 0.6) is 0 Å². The highest BCUT2D eigenvalue weighted by Crippen LogP contribution is 2.14. The van der Waals surface area contributed by atoms with Gasteiger partial charge in [0.1, 0.15) is 0 Å². The number of nitrogens with zero attached hydrogens (tertiary/aromatic N) is 2. The van der Waals surface area contributed by atoms with Gasteiger partial charge in [-0.2, -0.15) is 5.10 Å². The number of nitrogens with one attached hydrogen (secondary N) is 2. The van der Waals surface area contributed by atoms with Crippen LogP contribution in [0.2, 0.25) is 0 Å². The van der Waals surface area contributed by atoms with Crippen molar-refractivity contribution in [2.24, 2.45) is 0 Å². The number of rotatable bonds is 9. The van der Waals surface area contributed by atoms with E-state index in [-0.39, 0.29) is 0 Å². The first-order valence-corrected chi connectivity index (χ1v) is 9.29. The van der Waals surface area contributed by atoms with Gasteiger partial charge in [-0.25, -0.2) is 13.1 Å². The molecule has 0 saturated carbocycles. The lowest BCUT2D eigenvalue weighted by Gasteiger charge is -2.25. The Morgan fingerprint density at radius 3 is 2.48 bits per heavy atom. The summed E-state index contributed by atoms with van der Waals surface area (Å²) in [5.74, 6) is 0. The van der Waals surface area contributed by atoms with Crippen molar-refractivity contribution in [3.8, 4) is 0 Å². The van der Waals surface area contributed by atoms with E-state index in [0.717, 1.165) is 18.5 Å². The van der Waals surface area contributed by atoms with Gasteiger partial charge in [-0.3, -0.25) is 4.68 Å². The van der Waals surface area contributed by atoms with Crippen LogP contribution in [0.1, 0.15) is 52.3 Å². The standard InChI is InChI=1S/C14H28N4O2S/c1-6-13(7-2)18-9-8-12(16-18)10-15-11-14(3,4)17-21(5,19)20/h8-9,13,15,17H,6-7,10-11H2,1-5H3. The first kappa shape index (κ1) is 18.1. The smallest absolute Gasteiger partial charge is 0.209 e. The van der Waals surface area contributed by atoms with Crippen molar-refractivity contribution in [1.82, 2.24) is 19.8 Å². The lowest BCUT2D eigenvalue weighted by molar-refractivity contribution is 0.410. The van der Waals surface area contributed by atoms with Gasteiger partial charge in [0, 0.05) is 24.8 Å². The lowest BCUT2D eigenvalue weighted by atomic mass is 10.1. The van der Waals surface area contributed by atoms with Crippen molar-refractivity contribution in [1.29, 1.82) is 0 Å². The fraction of sp³-hybridized carbons (Fsp3) is 0.786. The van der Waals surface area contributed by atoms with E-state index in [1.807, 2.05) is 30.8 Å². The van der Waals surface area contributed by atoms with E-state index >= 15 is 0 Å². The summed E-state index contributed by atoms with van der Waals surface area (Å²) in [5, 5.41) is 7.81. The van der Waals surface area contributed by atoms with Crippen molar-refractivity contribution in [2.45, 2.75) is 58.7 Å². The summed E-state index contributed by atoms with van der Waals surface area (Å²) < 4.78 is 27.2. The van der Waals surface area contributed by atoms with Crippen LogP contribution in [-0.2, 0) is 16.6 Å². The summed E-state index contributed by atoms with van der Waals surface area (Å²) in [6, 6.07) is 2.45. The fourth-order valence-electron chi connectivity index (χ4n) is 2.38. The minimum atomic E-state index is -3.20. The topological polar surface area (TPSA) is 76.0 Å². The molecule has 0 aliphatic carbocycles. The molecule has 0 saturated heterocycles. The molecular formula is C14H28N4O2S. The third-order valence-corrected chi connectivity index (χ3v) is 4.24. The number of aromatic nitrogens is 2. The quantitative estimate of drug-likeness (QED) is 0.726. The van der Waals surface area contributed by atoms with Gasteiger partial charge in [0.15, 0.2) is 0 Å². The minimum absolute atomic E-state index is 0.446. The van der Waals surface area contributed by atoms with Crippen LogP contribution in [0.25, 0.3) is 0 Å². The Labute approximate surface area is 128 Å². The molecule has 1 heterocycles. The molecule has 0 aliphatic rings. The highest BCUT2D eigenvalue weighted by molar-refractivity contribution is 7.88. The number of hydrogen-bond donors (Lipinski definition) is 2. The molecule has 0 unspecified atom stereocenters. The van der Waals surface area contributed by atoms with Crippen LogP contribution >= 0.6 is 0 Å². The van der Waals surface area contributed by atoms with Crippen molar-refractivity contribution in [3.63, 3.8) is 0 Å². The average molecular weight is 316 g/mol. The fourth-order valence-corrected chi connectivity index (χ4v) is 3.45. The normalized spacial score (nSPS) is 13.0. The zero-order valence-corrected chi connectivity index (χ0v) is 14.5. The first-order valence-electron chi connectivity index (χ1n) is 7.40. The summed E-state index contributed by atoms with van der Waals surface area (Å²) in [6.45, 7) is 9.19. The lowest BCUT2D eigenvalue weighted by Crippen LogP contribution is -2.49. The Balaban J connectivity index is 2.49. The summed E-state index contributed by atoms with van der Waals surface area (Å²) in [6.07, 6.45) is 5.31. The van der Waals surface area contributed by atoms with Crippen molar-refractivity contribution >= 4 is 10.0 Å². The zero-order chi connectivity index (χ0) is 16.1. The molecule has 1 aromatic heterocycles. The highest BCUT2D eigenvalue weighted by atomic mass is 32.2. The molecule has 6 nitrogen and oxygen atoms in total. The molecule has 0 atom stereocenters. The monoisotopic (exact) mass is 316 g/mol. The van der Waals surface area contributed by atoms with Gasteiger partial charge in [0.05, 0.1) is 18.0 Å². The molecule has 0 bridgehead atoms. The van der Waals surface area contributed by atoms with Crippen molar-refractivity contribution < 1.29 is 8.42 Å². The van der Waals surface area contributed by atoms with Crippen molar-refractivity contribution in [3.05, 3.63) is 18.0 Å². The molecule has 0 aromatic carbocycles. The van der Waals surface area contributed by atoms with E-state index in [4.69, 9.17) is 0 Å². The molecule has 0 radical (unpaired) electrons. The second-order valence-corrected chi connectivity index (χ2v) is 7.87. The Morgan fingerprint density at radius 2 is 1.95 bits per heavy atom. The van der Waals surface area contributed by atoms with Crippen LogP contribution in [0.4, 0.5) is 0 Å². The van der Waals surface area contributed by atoms with Crippen LogP contribution in [0, 0.1) is 0 Å². The zero-order valence-electron chi connectivity index (χ0n) is 13.7. The SMILES string of the molecule is CCC(CC)n1ccc(CNCC(C)(C)NS(C)(=O)=O)n1. The Morgan fingerprint density at radius 1 is 1.33 bits per heavy atom. The molecule has 0 amide bonds. The minimum Gasteiger partial charge on any atom is -0.309 e. The van der Waals surface area contributed by atoms with Gasteiger partial charge in [-0.15, -0.1) is 0 Å². The maximum atomic E-state index is 11.3. The second-order valence-electron chi connectivity index (χ2n) is 6.12. The third-order valence-electron chi connectivity index (χ3n) is 3.31. The second kappa shape index (κ2) is 7.38. The van der Waals surface area contributed by atoms with Gasteiger partial charge in [-0.1, -0.05) is 13.8 Å². The summed E-state index contributed by atoms with van der Waals surface area (Å²) in [5.41, 5.74) is 0.447. The molecule has 7 heteroatoms. The molecular weight excluding hydrogens is 288 g/mol. The average Bonchev–Trinajstić information content (AvgIpc) is 2.76. The summed E-state index contributed by atoms with van der Waals surface area (Å²) in [4.78, 5) is 0. The third kappa shape index (κ3) is 6.58. The molecule has 0 fully saturated rings. The van der Waals surface area contributed by atoms with E-state index in [2.05, 4.69) is 29.0 Å². The predicted molar refractivity (Wildman–Crippen MR) is 85.6 cm³/mol. The molecule has 21 heavy (non-hydrogen) atoms. The van der Waals surface area contributed by atoms with Crippen LogP contribution in [0.15, 0.2) is 12.3 Å². The van der Waals surface area contributed by atoms with Gasteiger partial charge in [0.25, 0.3) is 0 Å². The number of hydrogen-bond acceptors (Lipinski definition) is 4. The van der Waals surface area contributed by atoms with Crippen LogP contribution in [-0.4, -0.2) is 36.5 Å². The molecule has 2 N–H and O–H groups in total. The van der Waals surface area contributed by atoms with E-state index in [1.54, 1.807) is 0 Å². The van der Waals surface area contributed by atoms with Crippen molar-refractivity contribution in [2.75, 3.05) is 12.8 Å². The summed E-state index contributed by atoms with van der Waals surface area (Å²) in [7, 11) is -3.20. The Bertz CT molecular complexity index is 533. The number of sulfonamides is 1. The first-order chi connectivity index (χ1) is 9.67. The summed E-state index contributed by atoms with van der Waals surface area (Å²) >= 11 is 0. The van der Waals surface area contributed by atoms with E-state index in [1.165, 1.54) is 6.26 Å². The predicted octanol–water partition coefficient (Wildman–Crippen LogP) is 1.66. The van der Waals surface area contributed by atoms with Crippen LogP contribution in [0.3, 0.4) is 0 Å². The van der Waals surface area contributed by atoms with Gasteiger partial charge < -0.3 is 5.32 Å². The van der Waals surface area contributed by atoms with Gasteiger partial charge in [-0.05, 0) is 32.8 Å². The van der Waals surface area contributed by atoms with Gasteiger partial charge in [0.2, 0.25) is 10.0 Å². The maximum absolute atomic E-state index is 11.3. The molecule has 0 spiro atoms. The molecule has 122 valence electrons. The highest BCUT2D eigenvalue weighted by Gasteiger charge is 2.21. The molecule has 0 aliphatic heterocycles. The van der Waals surface area contributed by atoms with E-state index in [9.17, 15) is 8.42 Å². The van der Waals surface area contributed by atoms with Gasteiger partial charge >= 0.3 is 0 Å². The molecule has 1 aromatic rings. The Hall–Kier alpha value is -0.920. The van der Waals surface area contributed by atoms with E-state index in [0.29, 0.717) is 19.1 Å². The maximum Gasteiger partial charge on any atom is 0.209 e. The van der Waals surface area contributed by atoms with E-state index < -0.39 is 15.6 Å².